The third kappa shape index (κ3) is 2.98. The molecule has 0 atom stereocenters. The molecule has 0 amide bonds. The van der Waals surface area contributed by atoms with Gasteiger partial charge in [-0.25, -0.2) is 4.39 Å². The molecule has 2 rings (SSSR count). The van der Waals surface area contributed by atoms with E-state index in [1.807, 2.05) is 12.1 Å². The SMILES string of the molecule is CCNCc1cccc(F)c1N1CCC(CC)(CC)C1. The second-order valence-corrected chi connectivity index (χ2v) is 5.91. The van der Waals surface area contributed by atoms with Gasteiger partial charge in [-0.15, -0.1) is 0 Å². The summed E-state index contributed by atoms with van der Waals surface area (Å²) < 4.78 is 14.3. The molecular weight excluding hydrogens is 251 g/mol. The van der Waals surface area contributed by atoms with Crippen molar-refractivity contribution in [2.24, 2.45) is 5.41 Å². The summed E-state index contributed by atoms with van der Waals surface area (Å²) in [7, 11) is 0. The maximum atomic E-state index is 14.3. The second-order valence-electron chi connectivity index (χ2n) is 5.91. The summed E-state index contributed by atoms with van der Waals surface area (Å²) in [6.07, 6.45) is 3.53. The zero-order valence-electron chi connectivity index (χ0n) is 13.0. The number of halogens is 1. The Bertz CT molecular complexity index is 441. The number of nitrogens with one attached hydrogen (secondary N) is 1. The third-order valence-electron chi connectivity index (χ3n) is 4.89. The van der Waals surface area contributed by atoms with Gasteiger partial charge in [-0.3, -0.25) is 0 Å². The number of nitrogens with zero attached hydrogens (tertiary/aromatic N) is 1. The zero-order valence-corrected chi connectivity index (χ0v) is 13.0. The van der Waals surface area contributed by atoms with Crippen LogP contribution in [0.1, 0.15) is 45.6 Å². The van der Waals surface area contributed by atoms with Gasteiger partial charge in [-0.2, -0.15) is 0 Å². The molecular formula is C17H27FN2. The largest absolute Gasteiger partial charge is 0.368 e. The molecule has 1 fully saturated rings. The zero-order chi connectivity index (χ0) is 14.6. The van der Waals surface area contributed by atoms with Crippen molar-refractivity contribution < 1.29 is 4.39 Å². The topological polar surface area (TPSA) is 15.3 Å². The van der Waals surface area contributed by atoms with Crippen LogP contribution in [0.3, 0.4) is 0 Å². The Morgan fingerprint density at radius 2 is 2.00 bits per heavy atom. The number of hydrogen-bond acceptors (Lipinski definition) is 2. The maximum Gasteiger partial charge on any atom is 0.146 e. The van der Waals surface area contributed by atoms with Gasteiger partial charge in [0.15, 0.2) is 0 Å². The fraction of sp³-hybridized carbons (Fsp3) is 0.647. The fourth-order valence-electron chi connectivity index (χ4n) is 3.27. The summed E-state index contributed by atoms with van der Waals surface area (Å²) >= 11 is 0. The quantitative estimate of drug-likeness (QED) is 0.847. The van der Waals surface area contributed by atoms with Gasteiger partial charge in [-0.1, -0.05) is 32.9 Å². The molecule has 3 heteroatoms. The fourth-order valence-corrected chi connectivity index (χ4v) is 3.27. The van der Waals surface area contributed by atoms with Crippen molar-refractivity contribution in [2.75, 3.05) is 24.5 Å². The summed E-state index contributed by atoms with van der Waals surface area (Å²) in [6.45, 7) is 10.2. The minimum Gasteiger partial charge on any atom is -0.368 e. The van der Waals surface area contributed by atoms with E-state index in [-0.39, 0.29) is 5.82 Å². The third-order valence-corrected chi connectivity index (χ3v) is 4.89. The van der Waals surface area contributed by atoms with Crippen LogP contribution in [0.4, 0.5) is 10.1 Å². The van der Waals surface area contributed by atoms with E-state index in [1.165, 1.54) is 19.3 Å². The number of anilines is 1. The predicted octanol–water partition coefficient (Wildman–Crippen LogP) is 3.95. The van der Waals surface area contributed by atoms with Crippen molar-refractivity contribution in [1.82, 2.24) is 5.32 Å². The van der Waals surface area contributed by atoms with Gasteiger partial charge in [0.2, 0.25) is 0 Å². The van der Waals surface area contributed by atoms with Crippen molar-refractivity contribution in [3.8, 4) is 0 Å². The Balaban J connectivity index is 2.24. The first-order valence-electron chi connectivity index (χ1n) is 7.89. The summed E-state index contributed by atoms with van der Waals surface area (Å²) in [4.78, 5) is 2.26. The van der Waals surface area contributed by atoms with Crippen molar-refractivity contribution in [1.29, 1.82) is 0 Å². The molecule has 0 spiro atoms. The van der Waals surface area contributed by atoms with Crippen LogP contribution in [-0.4, -0.2) is 19.6 Å². The van der Waals surface area contributed by atoms with Gasteiger partial charge in [0.1, 0.15) is 5.82 Å². The van der Waals surface area contributed by atoms with E-state index in [2.05, 4.69) is 31.0 Å². The Morgan fingerprint density at radius 1 is 1.25 bits per heavy atom. The molecule has 112 valence electrons. The molecule has 1 heterocycles. The van der Waals surface area contributed by atoms with Gasteiger partial charge < -0.3 is 10.2 Å². The Morgan fingerprint density at radius 3 is 2.60 bits per heavy atom. The van der Waals surface area contributed by atoms with Crippen LogP contribution in [0, 0.1) is 11.2 Å². The minimum atomic E-state index is -0.0802. The lowest BCUT2D eigenvalue weighted by atomic mass is 9.82. The molecule has 1 aromatic rings. The van der Waals surface area contributed by atoms with E-state index in [1.54, 1.807) is 6.07 Å². The smallest absolute Gasteiger partial charge is 0.146 e. The van der Waals surface area contributed by atoms with Crippen molar-refractivity contribution in [3.63, 3.8) is 0 Å². The number of para-hydroxylation sites is 1. The first kappa shape index (κ1) is 15.3. The maximum absolute atomic E-state index is 14.3. The summed E-state index contributed by atoms with van der Waals surface area (Å²) in [5.41, 5.74) is 2.27. The Hall–Kier alpha value is -1.09. The number of rotatable bonds is 6. The van der Waals surface area contributed by atoms with Crippen LogP contribution in [0.5, 0.6) is 0 Å². The molecule has 0 unspecified atom stereocenters. The van der Waals surface area contributed by atoms with E-state index < -0.39 is 0 Å². The molecule has 0 radical (unpaired) electrons. The van der Waals surface area contributed by atoms with Crippen LogP contribution < -0.4 is 10.2 Å². The molecule has 1 aliphatic rings. The van der Waals surface area contributed by atoms with E-state index in [9.17, 15) is 4.39 Å². The van der Waals surface area contributed by atoms with Crippen LogP contribution in [-0.2, 0) is 6.54 Å². The lowest BCUT2D eigenvalue weighted by molar-refractivity contribution is 0.301. The summed E-state index contributed by atoms with van der Waals surface area (Å²) in [5, 5.41) is 3.31. The van der Waals surface area contributed by atoms with Gasteiger partial charge in [0.25, 0.3) is 0 Å². The number of hydrogen-bond donors (Lipinski definition) is 1. The van der Waals surface area contributed by atoms with Crippen LogP contribution in [0.15, 0.2) is 18.2 Å². The molecule has 2 nitrogen and oxygen atoms in total. The highest BCUT2D eigenvalue weighted by molar-refractivity contribution is 5.56. The molecule has 0 bridgehead atoms. The van der Waals surface area contributed by atoms with Crippen molar-refractivity contribution >= 4 is 5.69 Å². The van der Waals surface area contributed by atoms with Gasteiger partial charge in [0, 0.05) is 19.6 Å². The van der Waals surface area contributed by atoms with Gasteiger partial charge >= 0.3 is 0 Å². The van der Waals surface area contributed by atoms with E-state index in [0.29, 0.717) is 5.41 Å². The monoisotopic (exact) mass is 278 g/mol. The van der Waals surface area contributed by atoms with E-state index in [4.69, 9.17) is 0 Å². The highest BCUT2D eigenvalue weighted by atomic mass is 19.1. The first-order valence-corrected chi connectivity index (χ1v) is 7.89. The molecule has 0 saturated carbocycles. The molecule has 0 aliphatic carbocycles. The van der Waals surface area contributed by atoms with Crippen LogP contribution in [0.2, 0.25) is 0 Å². The first-order chi connectivity index (χ1) is 9.65. The second kappa shape index (κ2) is 6.57. The summed E-state index contributed by atoms with van der Waals surface area (Å²) in [5.74, 6) is -0.0802. The molecule has 1 aromatic carbocycles. The lowest BCUT2D eigenvalue weighted by Gasteiger charge is -2.28. The minimum absolute atomic E-state index is 0.0802. The van der Waals surface area contributed by atoms with Crippen LogP contribution in [0.25, 0.3) is 0 Å². The molecule has 1 aliphatic heterocycles. The summed E-state index contributed by atoms with van der Waals surface area (Å²) in [6, 6.07) is 5.44. The van der Waals surface area contributed by atoms with E-state index in [0.717, 1.165) is 37.4 Å². The number of benzene rings is 1. The molecule has 1 saturated heterocycles. The highest BCUT2D eigenvalue weighted by Crippen LogP contribution is 2.40. The van der Waals surface area contributed by atoms with Crippen molar-refractivity contribution in [2.45, 2.75) is 46.6 Å². The predicted molar refractivity (Wildman–Crippen MR) is 83.6 cm³/mol. The Labute approximate surface area is 122 Å². The van der Waals surface area contributed by atoms with Gasteiger partial charge in [-0.05, 0) is 42.9 Å². The Kier molecular flexibility index (Phi) is 5.03. The van der Waals surface area contributed by atoms with Gasteiger partial charge in [0.05, 0.1) is 5.69 Å². The average Bonchev–Trinajstić information content (AvgIpc) is 2.90. The van der Waals surface area contributed by atoms with Crippen LogP contribution >= 0.6 is 0 Å². The molecule has 0 aromatic heterocycles. The van der Waals surface area contributed by atoms with Crippen molar-refractivity contribution in [3.05, 3.63) is 29.6 Å². The van der Waals surface area contributed by atoms with E-state index >= 15 is 0 Å². The lowest BCUT2D eigenvalue weighted by Crippen LogP contribution is -2.28. The normalized spacial score (nSPS) is 17.7. The molecule has 1 N–H and O–H groups in total. The highest BCUT2D eigenvalue weighted by Gasteiger charge is 2.36. The average molecular weight is 278 g/mol. The molecule has 20 heavy (non-hydrogen) atoms. The standard InChI is InChI=1S/C17H27FN2/c1-4-17(5-2)10-11-20(13-17)16-14(12-19-6-3)8-7-9-15(16)18/h7-9,19H,4-6,10-13H2,1-3H3.